The summed E-state index contributed by atoms with van der Waals surface area (Å²) in [7, 11) is 1.69. The Balaban J connectivity index is 0.922. The van der Waals surface area contributed by atoms with Crippen LogP contribution in [0.1, 0.15) is 90.2 Å². The monoisotopic (exact) mass is 644 g/mol. The zero-order valence-electron chi connectivity index (χ0n) is 28.1. The minimum Gasteiger partial charge on any atom is -0.454 e. The van der Waals surface area contributed by atoms with Gasteiger partial charge in [-0.15, -0.1) is 0 Å². The number of aliphatic hydroxyl groups excluding tert-OH is 1. The lowest BCUT2D eigenvalue weighted by molar-refractivity contribution is -0.191. The average Bonchev–Trinajstić information content (AvgIpc) is 3.44. The second kappa shape index (κ2) is 9.23. The third kappa shape index (κ3) is 3.56. The zero-order valence-corrected chi connectivity index (χ0v) is 28.1. The molecule has 0 unspecified atom stereocenters. The van der Waals surface area contributed by atoms with Crippen molar-refractivity contribution in [2.45, 2.75) is 102 Å². The predicted octanol–water partition coefficient (Wildman–Crippen LogP) is 6.42. The molecule has 12 atom stereocenters. The lowest BCUT2D eigenvalue weighted by Crippen LogP contribution is -2.61. The Bertz CT molecular complexity index is 1630. The molecule has 1 N–H and O–H groups in total. The van der Waals surface area contributed by atoms with E-state index < -0.39 is 11.4 Å². The number of methoxy groups -OCH3 is 1. The zero-order chi connectivity index (χ0) is 32.2. The van der Waals surface area contributed by atoms with E-state index >= 15 is 0 Å². The van der Waals surface area contributed by atoms with E-state index in [4.69, 9.17) is 28.4 Å². The molecule has 8 heteroatoms. The maximum absolute atomic E-state index is 13.5. The number of hydrogen-bond acceptors (Lipinski definition) is 8. The van der Waals surface area contributed by atoms with Gasteiger partial charge in [-0.25, -0.2) is 4.79 Å². The molecule has 8 nitrogen and oxygen atoms in total. The molecule has 9 aliphatic rings. The Morgan fingerprint density at radius 1 is 1.00 bits per heavy atom. The van der Waals surface area contributed by atoms with Gasteiger partial charge in [-0.1, -0.05) is 31.6 Å². The van der Waals surface area contributed by atoms with Crippen LogP contribution in [-0.4, -0.2) is 55.7 Å². The van der Waals surface area contributed by atoms with Crippen LogP contribution in [0.15, 0.2) is 41.5 Å². The standard InChI is InChI=1S/C39H48O8/c1-34(42-4)17-39(46-19-34)16-25(33(41)47-39)27-10-12-38-18-37(27,38)11-9-26-24-7-6-23-14-30(22-5-8-29-31(13-22)45-21-44-29)43-20-35(23,2)28(24)15-32(40)36(26,38)3/h5-6,8,13,16,24,26-28,30,32,40H,7,9-12,14-15,17-21H2,1-4H3/t24-,26-,27+,28-,30+,32-,34-,35+,36+,37-,38-,39+/m1/s1. The molecule has 1 spiro atoms. The maximum atomic E-state index is 13.5. The number of fused-ring (bicyclic) bond motifs is 6. The number of hydrogen-bond donors (Lipinski definition) is 1. The van der Waals surface area contributed by atoms with Crippen LogP contribution in [0.4, 0.5) is 0 Å². The Labute approximate surface area is 277 Å². The molecular weight excluding hydrogens is 596 g/mol. The van der Waals surface area contributed by atoms with Crippen molar-refractivity contribution >= 4 is 5.97 Å². The highest BCUT2D eigenvalue weighted by atomic mass is 16.7. The number of rotatable bonds is 3. The number of benzene rings is 1. The molecular formula is C39H48O8. The minimum absolute atomic E-state index is 0.00354. The first-order valence-electron chi connectivity index (χ1n) is 18.0. The Morgan fingerprint density at radius 3 is 2.68 bits per heavy atom. The molecule has 10 rings (SSSR count). The van der Waals surface area contributed by atoms with Gasteiger partial charge in [0.25, 0.3) is 0 Å². The molecule has 0 amide bonds. The van der Waals surface area contributed by atoms with Crippen molar-refractivity contribution in [1.82, 2.24) is 0 Å². The van der Waals surface area contributed by atoms with Crippen LogP contribution < -0.4 is 9.47 Å². The third-order valence-corrected chi connectivity index (χ3v) is 15.8. The van der Waals surface area contributed by atoms with Gasteiger partial charge in [-0.2, -0.15) is 0 Å². The van der Waals surface area contributed by atoms with Gasteiger partial charge < -0.3 is 33.5 Å². The molecule has 0 radical (unpaired) electrons. The summed E-state index contributed by atoms with van der Waals surface area (Å²) in [5, 5.41) is 12.4. The summed E-state index contributed by atoms with van der Waals surface area (Å²) >= 11 is 0. The molecule has 6 fully saturated rings. The second-order valence-corrected chi connectivity index (χ2v) is 17.4. The van der Waals surface area contributed by atoms with Crippen molar-refractivity contribution in [2.24, 2.45) is 45.3 Å². The van der Waals surface area contributed by atoms with Crippen LogP contribution in [0.25, 0.3) is 0 Å². The summed E-state index contributed by atoms with van der Waals surface area (Å²) in [6, 6.07) is 6.18. The van der Waals surface area contributed by atoms with Gasteiger partial charge in [-0.3, -0.25) is 0 Å². The molecule has 4 saturated carbocycles. The van der Waals surface area contributed by atoms with Gasteiger partial charge in [0.1, 0.15) is 0 Å². The Morgan fingerprint density at radius 2 is 1.85 bits per heavy atom. The van der Waals surface area contributed by atoms with Crippen LogP contribution in [0.5, 0.6) is 11.5 Å². The first-order valence-corrected chi connectivity index (χ1v) is 18.0. The lowest BCUT2D eigenvalue weighted by Gasteiger charge is -2.64. The number of ether oxygens (including phenoxy) is 6. The minimum atomic E-state index is -1.00. The van der Waals surface area contributed by atoms with E-state index in [1.807, 2.05) is 19.1 Å². The fourth-order valence-corrected chi connectivity index (χ4v) is 13.3. The molecule has 47 heavy (non-hydrogen) atoms. The number of carbonyl (C=O) groups is 1. The topological polar surface area (TPSA) is 92.7 Å². The molecule has 252 valence electrons. The van der Waals surface area contributed by atoms with E-state index in [9.17, 15) is 9.90 Å². The first-order chi connectivity index (χ1) is 22.5. The van der Waals surface area contributed by atoms with Crippen LogP contribution >= 0.6 is 0 Å². The summed E-state index contributed by atoms with van der Waals surface area (Å²) in [4.78, 5) is 13.5. The number of aliphatic hydroxyl groups is 1. The molecule has 0 bridgehead atoms. The van der Waals surface area contributed by atoms with E-state index in [0.29, 0.717) is 37.4 Å². The highest BCUT2D eigenvalue weighted by Gasteiger charge is 2.84. The first kappa shape index (κ1) is 29.5. The quantitative estimate of drug-likeness (QED) is 0.298. The Hall–Kier alpha value is -2.39. The van der Waals surface area contributed by atoms with Crippen molar-refractivity contribution in [2.75, 3.05) is 27.1 Å². The largest absolute Gasteiger partial charge is 0.454 e. The smallest absolute Gasteiger partial charge is 0.336 e. The van der Waals surface area contributed by atoms with Crippen LogP contribution in [0, 0.1) is 45.3 Å². The average molecular weight is 645 g/mol. The third-order valence-electron chi connectivity index (χ3n) is 15.8. The van der Waals surface area contributed by atoms with Crippen molar-refractivity contribution in [3.8, 4) is 11.5 Å². The van der Waals surface area contributed by atoms with Crippen LogP contribution in [-0.2, 0) is 23.7 Å². The summed E-state index contributed by atoms with van der Waals surface area (Å²) in [6.07, 6.45) is 12.9. The van der Waals surface area contributed by atoms with Crippen molar-refractivity contribution < 1.29 is 38.3 Å². The fraction of sp³-hybridized carbons (Fsp3) is 0.718. The van der Waals surface area contributed by atoms with Gasteiger partial charge in [0, 0.05) is 29.9 Å². The van der Waals surface area contributed by atoms with Gasteiger partial charge in [0.15, 0.2) is 11.5 Å². The highest BCUT2D eigenvalue weighted by Crippen LogP contribution is 2.90. The van der Waals surface area contributed by atoms with E-state index in [2.05, 4.69) is 32.1 Å². The summed E-state index contributed by atoms with van der Waals surface area (Å²) in [5.41, 5.74) is 2.91. The van der Waals surface area contributed by atoms with Gasteiger partial charge in [0.2, 0.25) is 12.6 Å². The Kier molecular flexibility index (Phi) is 5.80. The SMILES string of the molecule is CO[C@@]1(C)CO[C@]2(C=C([C@@H]3CC[C@]45C[C@]34CC[C@@H]3[C@H]4CC=C6C[C@@H](c7ccc8c(c7)OCO8)OC[C@]6(C)[C@@H]4C[C@@H](O)[C@]35C)C(=O)O2)C1. The maximum Gasteiger partial charge on any atom is 0.336 e. The lowest BCUT2D eigenvalue weighted by atomic mass is 9.42. The summed E-state index contributed by atoms with van der Waals surface area (Å²) in [6.45, 7) is 8.22. The molecule has 5 aliphatic carbocycles. The number of allylic oxidation sites excluding steroid dienone is 1. The highest BCUT2D eigenvalue weighted by molar-refractivity contribution is 5.92. The van der Waals surface area contributed by atoms with Crippen LogP contribution in [0.3, 0.4) is 0 Å². The molecule has 4 aliphatic heterocycles. The molecule has 0 aromatic heterocycles. The van der Waals surface area contributed by atoms with E-state index in [1.54, 1.807) is 7.11 Å². The number of esters is 1. The summed E-state index contributed by atoms with van der Waals surface area (Å²) < 4.78 is 35.7. The molecule has 4 heterocycles. The van der Waals surface area contributed by atoms with E-state index in [-0.39, 0.29) is 52.5 Å². The van der Waals surface area contributed by atoms with E-state index in [1.165, 1.54) is 5.57 Å². The predicted molar refractivity (Wildman–Crippen MR) is 170 cm³/mol. The van der Waals surface area contributed by atoms with Crippen molar-refractivity contribution in [3.05, 3.63) is 47.1 Å². The van der Waals surface area contributed by atoms with Crippen molar-refractivity contribution in [1.29, 1.82) is 0 Å². The number of carbonyl (C=O) groups excluding carboxylic acids is 1. The molecule has 1 aromatic carbocycles. The van der Waals surface area contributed by atoms with Gasteiger partial charge in [-0.05, 0) is 117 Å². The second-order valence-electron chi connectivity index (χ2n) is 17.4. The normalized spacial score (nSPS) is 51.7. The van der Waals surface area contributed by atoms with Gasteiger partial charge >= 0.3 is 5.97 Å². The molecule has 2 saturated heterocycles. The fourth-order valence-electron chi connectivity index (χ4n) is 13.3. The van der Waals surface area contributed by atoms with E-state index in [0.717, 1.165) is 74.0 Å². The van der Waals surface area contributed by atoms with Crippen LogP contribution in [0.2, 0.25) is 0 Å². The van der Waals surface area contributed by atoms with Crippen molar-refractivity contribution in [3.63, 3.8) is 0 Å². The molecule has 1 aromatic rings. The summed E-state index contributed by atoms with van der Waals surface area (Å²) in [5.74, 6) is 1.96. The van der Waals surface area contributed by atoms with Gasteiger partial charge in [0.05, 0.1) is 31.0 Å².